The van der Waals surface area contributed by atoms with Crippen LogP contribution in [0.15, 0.2) is 71.6 Å². The van der Waals surface area contributed by atoms with E-state index < -0.39 is 21.7 Å². The molecule has 0 atom stereocenters. The summed E-state index contributed by atoms with van der Waals surface area (Å²) in [4.78, 5) is 12.4. The van der Waals surface area contributed by atoms with Gasteiger partial charge in [0.2, 0.25) is 0 Å². The molecule has 0 saturated heterocycles. The Morgan fingerprint density at radius 3 is 2.40 bits per heavy atom. The van der Waals surface area contributed by atoms with E-state index >= 15 is 0 Å². The summed E-state index contributed by atoms with van der Waals surface area (Å²) < 4.78 is 47.0. The van der Waals surface area contributed by atoms with Crippen LogP contribution in [0.3, 0.4) is 0 Å². The third-order valence-corrected chi connectivity index (χ3v) is 5.65. The van der Waals surface area contributed by atoms with Crippen molar-refractivity contribution >= 4 is 38.9 Å². The van der Waals surface area contributed by atoms with E-state index in [0.717, 1.165) is 6.07 Å². The van der Waals surface area contributed by atoms with Gasteiger partial charge < -0.3 is 10.1 Å². The van der Waals surface area contributed by atoms with Crippen LogP contribution >= 0.6 is 11.6 Å². The number of para-hydroxylation sites is 1. The van der Waals surface area contributed by atoms with E-state index in [-0.39, 0.29) is 16.3 Å². The Hall–Kier alpha value is -3.10. The van der Waals surface area contributed by atoms with Crippen LogP contribution in [0.25, 0.3) is 0 Å². The maximum Gasteiger partial charge on any atom is 0.262 e. The first-order valence-electron chi connectivity index (χ1n) is 8.91. The molecule has 0 saturated carbocycles. The molecule has 3 rings (SSSR count). The molecule has 0 aliphatic rings. The molecule has 0 unspecified atom stereocenters. The number of carbonyl (C=O) groups is 1. The van der Waals surface area contributed by atoms with Crippen molar-refractivity contribution in [3.05, 3.63) is 83.1 Å². The number of anilines is 2. The van der Waals surface area contributed by atoms with Crippen molar-refractivity contribution in [2.45, 2.75) is 11.8 Å². The first kappa shape index (κ1) is 21.6. The maximum absolute atomic E-state index is 13.9. The molecule has 0 aliphatic carbocycles. The Kier molecular flexibility index (Phi) is 6.59. The zero-order chi connectivity index (χ0) is 21.7. The quantitative estimate of drug-likeness (QED) is 0.536. The van der Waals surface area contributed by atoms with Gasteiger partial charge in [-0.25, -0.2) is 12.8 Å². The first-order chi connectivity index (χ1) is 14.3. The lowest BCUT2D eigenvalue weighted by molar-refractivity contribution is 0.102. The fourth-order valence-electron chi connectivity index (χ4n) is 2.60. The SMILES string of the molecule is CCOc1ccc(S(=O)(=O)Nc2ccccc2F)cc1NC(=O)c1ccc(Cl)cc1. The summed E-state index contributed by atoms with van der Waals surface area (Å²) in [7, 11) is -4.11. The normalized spacial score (nSPS) is 11.0. The third-order valence-electron chi connectivity index (χ3n) is 4.03. The highest BCUT2D eigenvalue weighted by molar-refractivity contribution is 7.92. The van der Waals surface area contributed by atoms with Crippen LogP contribution in [0.5, 0.6) is 5.75 Å². The zero-order valence-electron chi connectivity index (χ0n) is 15.9. The van der Waals surface area contributed by atoms with Crippen LogP contribution in [0.1, 0.15) is 17.3 Å². The van der Waals surface area contributed by atoms with Gasteiger partial charge in [-0.15, -0.1) is 0 Å². The molecule has 0 spiro atoms. The molecule has 0 bridgehead atoms. The molecule has 3 aromatic carbocycles. The van der Waals surface area contributed by atoms with E-state index in [1.165, 1.54) is 36.4 Å². The number of carbonyl (C=O) groups excluding carboxylic acids is 1. The van der Waals surface area contributed by atoms with Crippen LogP contribution in [-0.4, -0.2) is 20.9 Å². The van der Waals surface area contributed by atoms with Crippen molar-refractivity contribution in [2.24, 2.45) is 0 Å². The first-order valence-corrected chi connectivity index (χ1v) is 10.8. The van der Waals surface area contributed by atoms with E-state index in [4.69, 9.17) is 16.3 Å². The Balaban J connectivity index is 1.92. The smallest absolute Gasteiger partial charge is 0.262 e. The number of amides is 1. The van der Waals surface area contributed by atoms with Crippen molar-refractivity contribution < 1.29 is 22.3 Å². The number of nitrogens with one attached hydrogen (secondary N) is 2. The highest BCUT2D eigenvalue weighted by Crippen LogP contribution is 2.30. The molecule has 156 valence electrons. The minimum atomic E-state index is -4.11. The molecule has 0 radical (unpaired) electrons. The summed E-state index contributed by atoms with van der Waals surface area (Å²) in [6.45, 7) is 2.07. The van der Waals surface area contributed by atoms with E-state index in [1.54, 1.807) is 31.2 Å². The van der Waals surface area contributed by atoms with Gasteiger partial charge in [-0.1, -0.05) is 23.7 Å². The van der Waals surface area contributed by atoms with Gasteiger partial charge >= 0.3 is 0 Å². The molecule has 2 N–H and O–H groups in total. The number of hydrogen-bond acceptors (Lipinski definition) is 4. The lowest BCUT2D eigenvalue weighted by atomic mass is 10.2. The number of hydrogen-bond donors (Lipinski definition) is 2. The van der Waals surface area contributed by atoms with Crippen LogP contribution in [0, 0.1) is 5.82 Å². The predicted molar refractivity (Wildman–Crippen MR) is 114 cm³/mol. The second-order valence-corrected chi connectivity index (χ2v) is 8.26. The van der Waals surface area contributed by atoms with Gasteiger partial charge in [0.25, 0.3) is 15.9 Å². The fraction of sp³-hybridized carbons (Fsp3) is 0.0952. The topological polar surface area (TPSA) is 84.5 Å². The van der Waals surface area contributed by atoms with Crippen molar-refractivity contribution in [1.29, 1.82) is 0 Å². The molecule has 3 aromatic rings. The molecule has 6 nitrogen and oxygen atoms in total. The van der Waals surface area contributed by atoms with Crippen molar-refractivity contribution in [3.63, 3.8) is 0 Å². The van der Waals surface area contributed by atoms with Crippen LogP contribution in [-0.2, 0) is 10.0 Å². The van der Waals surface area contributed by atoms with Gasteiger partial charge in [-0.3, -0.25) is 9.52 Å². The van der Waals surface area contributed by atoms with Crippen LogP contribution in [0.2, 0.25) is 5.02 Å². The standard InChI is InChI=1S/C21H18ClFN2O4S/c1-2-29-20-12-11-16(30(27,28)25-18-6-4-3-5-17(18)23)13-19(20)24-21(26)14-7-9-15(22)10-8-14/h3-13,25H,2H2,1H3,(H,24,26). The van der Waals surface area contributed by atoms with Crippen molar-refractivity contribution in [3.8, 4) is 5.75 Å². The van der Waals surface area contributed by atoms with Crippen molar-refractivity contribution in [1.82, 2.24) is 0 Å². The summed E-state index contributed by atoms with van der Waals surface area (Å²) in [5, 5.41) is 3.13. The van der Waals surface area contributed by atoms with Gasteiger partial charge in [0.15, 0.2) is 0 Å². The van der Waals surface area contributed by atoms with Gasteiger partial charge in [0.1, 0.15) is 11.6 Å². The minimum Gasteiger partial charge on any atom is -0.492 e. The monoisotopic (exact) mass is 448 g/mol. The van der Waals surface area contributed by atoms with E-state index in [2.05, 4.69) is 10.0 Å². The number of rotatable bonds is 7. The van der Waals surface area contributed by atoms with E-state index in [9.17, 15) is 17.6 Å². The number of sulfonamides is 1. The lowest BCUT2D eigenvalue weighted by Crippen LogP contribution is -2.16. The molecule has 0 heterocycles. The predicted octanol–water partition coefficient (Wildman–Crippen LogP) is 4.93. The zero-order valence-corrected chi connectivity index (χ0v) is 17.4. The van der Waals surface area contributed by atoms with Gasteiger partial charge in [0.05, 0.1) is 22.9 Å². The second kappa shape index (κ2) is 9.15. The largest absolute Gasteiger partial charge is 0.492 e. The van der Waals surface area contributed by atoms with Crippen molar-refractivity contribution in [2.75, 3.05) is 16.6 Å². The van der Waals surface area contributed by atoms with Crippen LogP contribution in [0.4, 0.5) is 15.8 Å². The summed E-state index contributed by atoms with van der Waals surface area (Å²) in [5.41, 5.74) is 0.311. The number of benzene rings is 3. The lowest BCUT2D eigenvalue weighted by Gasteiger charge is -2.14. The Morgan fingerprint density at radius 2 is 1.73 bits per heavy atom. The minimum absolute atomic E-state index is 0.160. The summed E-state index contributed by atoms with van der Waals surface area (Å²) >= 11 is 5.84. The highest BCUT2D eigenvalue weighted by atomic mass is 35.5. The summed E-state index contributed by atoms with van der Waals surface area (Å²) in [6, 6.07) is 15.6. The summed E-state index contributed by atoms with van der Waals surface area (Å²) in [6.07, 6.45) is 0. The maximum atomic E-state index is 13.9. The van der Waals surface area contributed by atoms with Gasteiger partial charge in [-0.2, -0.15) is 0 Å². The number of halogens is 2. The Morgan fingerprint density at radius 1 is 1.03 bits per heavy atom. The fourth-order valence-corrected chi connectivity index (χ4v) is 3.82. The van der Waals surface area contributed by atoms with E-state index in [0.29, 0.717) is 22.9 Å². The molecular formula is C21H18ClFN2O4S. The van der Waals surface area contributed by atoms with E-state index in [1.807, 2.05) is 0 Å². The summed E-state index contributed by atoms with van der Waals surface area (Å²) in [5.74, 6) is -0.878. The highest BCUT2D eigenvalue weighted by Gasteiger charge is 2.19. The molecule has 0 fully saturated rings. The van der Waals surface area contributed by atoms with Gasteiger partial charge in [0, 0.05) is 10.6 Å². The molecule has 0 aliphatic heterocycles. The van der Waals surface area contributed by atoms with Gasteiger partial charge in [-0.05, 0) is 61.5 Å². The average Bonchev–Trinajstić information content (AvgIpc) is 2.71. The third kappa shape index (κ3) is 5.08. The molecule has 0 aromatic heterocycles. The molecule has 1 amide bonds. The molecular weight excluding hydrogens is 431 g/mol. The number of ether oxygens (including phenoxy) is 1. The Bertz CT molecular complexity index is 1170. The molecule has 9 heteroatoms. The Labute approximate surface area is 178 Å². The van der Waals surface area contributed by atoms with Crippen LogP contribution < -0.4 is 14.8 Å². The second-order valence-electron chi connectivity index (χ2n) is 6.14. The molecule has 30 heavy (non-hydrogen) atoms. The average molecular weight is 449 g/mol.